The van der Waals surface area contributed by atoms with Crippen LogP contribution in [0.3, 0.4) is 0 Å². The average Bonchev–Trinajstić information content (AvgIpc) is 3.10. The van der Waals surface area contributed by atoms with Crippen molar-refractivity contribution in [2.24, 2.45) is 7.05 Å². The molecule has 1 fully saturated rings. The van der Waals surface area contributed by atoms with Gasteiger partial charge in [0.15, 0.2) is 0 Å². The lowest BCUT2D eigenvalue weighted by molar-refractivity contribution is -0.00302. The topological polar surface area (TPSA) is 61.1 Å². The van der Waals surface area contributed by atoms with Crippen LogP contribution in [0.15, 0.2) is 18.6 Å². The van der Waals surface area contributed by atoms with Gasteiger partial charge in [-0.05, 0) is 39.7 Å². The summed E-state index contributed by atoms with van der Waals surface area (Å²) in [6.07, 6.45) is 5.22. The van der Waals surface area contributed by atoms with Gasteiger partial charge in [-0.3, -0.25) is 4.79 Å². The molecule has 0 aromatic carbocycles. The van der Waals surface area contributed by atoms with E-state index in [1.54, 1.807) is 6.33 Å². The van der Waals surface area contributed by atoms with Gasteiger partial charge >= 0.3 is 0 Å². The predicted molar refractivity (Wildman–Crippen MR) is 92.0 cm³/mol. The van der Waals surface area contributed by atoms with Crippen molar-refractivity contribution < 1.29 is 9.53 Å². The molecule has 6 nitrogen and oxygen atoms in total. The maximum atomic E-state index is 12.7. The summed E-state index contributed by atoms with van der Waals surface area (Å²) in [5.41, 5.74) is 3.98. The van der Waals surface area contributed by atoms with Crippen LogP contribution < -0.4 is 5.32 Å². The second-order valence-corrected chi connectivity index (χ2v) is 6.51. The lowest BCUT2D eigenvalue weighted by Gasteiger charge is -2.30. The predicted octanol–water partition coefficient (Wildman–Crippen LogP) is 2.51. The number of carbonyl (C=O) groups is 1. The van der Waals surface area contributed by atoms with Crippen LogP contribution in [0.5, 0.6) is 0 Å². The van der Waals surface area contributed by atoms with Crippen LogP contribution in [0.2, 0.25) is 0 Å². The molecule has 0 spiro atoms. The summed E-state index contributed by atoms with van der Waals surface area (Å²) < 4.78 is 10.0. The first-order valence-electron chi connectivity index (χ1n) is 8.56. The van der Waals surface area contributed by atoms with Gasteiger partial charge in [-0.15, -0.1) is 0 Å². The van der Waals surface area contributed by atoms with Gasteiger partial charge in [0.05, 0.1) is 23.8 Å². The van der Waals surface area contributed by atoms with Crippen LogP contribution >= 0.6 is 0 Å². The maximum absolute atomic E-state index is 12.7. The third-order valence-corrected chi connectivity index (χ3v) is 4.94. The molecular weight excluding hydrogens is 304 g/mol. The van der Waals surface area contributed by atoms with E-state index in [9.17, 15) is 4.79 Å². The first kappa shape index (κ1) is 16.8. The van der Waals surface area contributed by atoms with Gasteiger partial charge in [-0.1, -0.05) is 0 Å². The first-order chi connectivity index (χ1) is 11.5. The molecule has 0 radical (unpaired) electrons. The normalized spacial score (nSPS) is 21.0. The van der Waals surface area contributed by atoms with Crippen molar-refractivity contribution in [1.82, 2.24) is 19.4 Å². The quantitative estimate of drug-likeness (QED) is 0.937. The maximum Gasteiger partial charge on any atom is 0.253 e. The van der Waals surface area contributed by atoms with Crippen molar-refractivity contribution in [3.63, 3.8) is 0 Å². The Hall–Kier alpha value is -2.08. The first-order valence-corrected chi connectivity index (χ1v) is 8.56. The van der Waals surface area contributed by atoms with E-state index >= 15 is 0 Å². The van der Waals surface area contributed by atoms with E-state index < -0.39 is 0 Å². The highest BCUT2D eigenvalue weighted by Crippen LogP contribution is 2.28. The molecule has 2 unspecified atom stereocenters. The molecule has 3 heterocycles. The van der Waals surface area contributed by atoms with Crippen molar-refractivity contribution in [3.05, 3.63) is 41.2 Å². The number of hydrogen-bond acceptors (Lipinski definition) is 3. The Morgan fingerprint density at radius 2 is 2.25 bits per heavy atom. The molecule has 1 N–H and O–H groups in total. The molecule has 24 heavy (non-hydrogen) atoms. The zero-order chi connectivity index (χ0) is 17.3. The third kappa shape index (κ3) is 3.11. The molecule has 0 aliphatic carbocycles. The van der Waals surface area contributed by atoms with Crippen molar-refractivity contribution in [2.45, 2.75) is 52.3 Å². The number of carbonyl (C=O) groups excluding carboxylic acids is 1. The van der Waals surface area contributed by atoms with Crippen LogP contribution in [-0.4, -0.2) is 32.7 Å². The molecule has 0 bridgehead atoms. The zero-order valence-electron chi connectivity index (χ0n) is 14.9. The number of hydrogen-bond donors (Lipinski definition) is 1. The van der Waals surface area contributed by atoms with E-state index in [-0.39, 0.29) is 18.1 Å². The number of ether oxygens (including phenoxy) is 1. The van der Waals surface area contributed by atoms with Crippen molar-refractivity contribution in [3.8, 4) is 0 Å². The van der Waals surface area contributed by atoms with E-state index in [0.29, 0.717) is 6.61 Å². The fraction of sp³-hybridized carbons (Fsp3) is 0.556. The largest absolute Gasteiger partial charge is 0.372 e. The average molecular weight is 330 g/mol. The van der Waals surface area contributed by atoms with Gasteiger partial charge in [-0.2, -0.15) is 0 Å². The lowest BCUT2D eigenvalue weighted by Crippen LogP contribution is -2.40. The van der Waals surface area contributed by atoms with Crippen LogP contribution in [-0.2, 0) is 18.3 Å². The fourth-order valence-corrected chi connectivity index (χ4v) is 3.59. The fourth-order valence-electron chi connectivity index (χ4n) is 3.59. The summed E-state index contributed by atoms with van der Waals surface area (Å²) >= 11 is 0. The SMILES string of the molecule is CCn1c(C)cc(C(=O)NC2CCOC(c3cncn3C)C2)c1C. The van der Waals surface area contributed by atoms with E-state index in [2.05, 4.69) is 21.8 Å². The Morgan fingerprint density at radius 3 is 2.88 bits per heavy atom. The molecule has 130 valence electrons. The number of nitrogens with one attached hydrogen (secondary N) is 1. The number of nitrogens with zero attached hydrogens (tertiary/aromatic N) is 3. The number of aryl methyl sites for hydroxylation is 2. The summed E-state index contributed by atoms with van der Waals surface area (Å²) in [5.74, 6) is 0.0125. The Kier molecular flexibility index (Phi) is 4.76. The molecule has 1 aliphatic heterocycles. The van der Waals surface area contributed by atoms with Crippen LogP contribution in [0.4, 0.5) is 0 Å². The minimum atomic E-state index is -0.0142. The van der Waals surface area contributed by atoms with Gasteiger partial charge in [0, 0.05) is 37.6 Å². The van der Waals surface area contributed by atoms with E-state index in [0.717, 1.165) is 42.0 Å². The van der Waals surface area contributed by atoms with Crippen LogP contribution in [0, 0.1) is 13.8 Å². The monoisotopic (exact) mass is 330 g/mol. The van der Waals surface area contributed by atoms with Gasteiger partial charge in [-0.25, -0.2) is 4.98 Å². The summed E-state index contributed by atoms with van der Waals surface area (Å²) in [6, 6.07) is 2.10. The molecule has 2 aromatic heterocycles. The lowest BCUT2D eigenvalue weighted by atomic mass is 10.0. The molecule has 2 atom stereocenters. The number of amides is 1. The molecule has 2 aromatic rings. The Balaban J connectivity index is 1.69. The Morgan fingerprint density at radius 1 is 1.46 bits per heavy atom. The highest BCUT2D eigenvalue weighted by molar-refractivity contribution is 5.95. The molecule has 6 heteroatoms. The summed E-state index contributed by atoms with van der Waals surface area (Å²) in [5, 5.41) is 3.19. The number of rotatable bonds is 4. The van der Waals surface area contributed by atoms with Crippen LogP contribution in [0.25, 0.3) is 0 Å². The molecule has 1 amide bonds. The molecule has 1 saturated heterocycles. The molecule has 0 saturated carbocycles. The second kappa shape index (κ2) is 6.81. The number of aromatic nitrogens is 3. The van der Waals surface area contributed by atoms with E-state index in [1.165, 1.54) is 0 Å². The van der Waals surface area contributed by atoms with Gasteiger partial charge in [0.25, 0.3) is 5.91 Å². The smallest absolute Gasteiger partial charge is 0.253 e. The number of imidazole rings is 1. The van der Waals surface area contributed by atoms with Gasteiger partial charge < -0.3 is 19.2 Å². The Labute approximate surface area is 142 Å². The van der Waals surface area contributed by atoms with E-state index in [1.807, 2.05) is 37.7 Å². The van der Waals surface area contributed by atoms with Gasteiger partial charge in [0.2, 0.25) is 0 Å². The van der Waals surface area contributed by atoms with E-state index in [4.69, 9.17) is 4.74 Å². The summed E-state index contributed by atoms with van der Waals surface area (Å²) in [7, 11) is 1.97. The van der Waals surface area contributed by atoms with Crippen molar-refractivity contribution in [2.75, 3.05) is 6.61 Å². The highest BCUT2D eigenvalue weighted by atomic mass is 16.5. The van der Waals surface area contributed by atoms with Gasteiger partial charge in [0.1, 0.15) is 6.10 Å². The standard InChI is InChI=1S/C18H26N4O2/c1-5-22-12(2)8-15(13(22)3)18(23)20-14-6-7-24-17(9-14)16-10-19-11-21(16)4/h8,10-11,14,17H,5-7,9H2,1-4H3,(H,20,23). The highest BCUT2D eigenvalue weighted by Gasteiger charge is 2.27. The summed E-state index contributed by atoms with van der Waals surface area (Å²) in [6.45, 7) is 7.67. The molecule has 1 aliphatic rings. The minimum Gasteiger partial charge on any atom is -0.372 e. The van der Waals surface area contributed by atoms with Crippen LogP contribution in [0.1, 0.15) is 53.3 Å². The summed E-state index contributed by atoms with van der Waals surface area (Å²) in [4.78, 5) is 16.8. The second-order valence-electron chi connectivity index (χ2n) is 6.51. The van der Waals surface area contributed by atoms with Crippen molar-refractivity contribution in [1.29, 1.82) is 0 Å². The molecule has 3 rings (SSSR count). The van der Waals surface area contributed by atoms with Crippen molar-refractivity contribution >= 4 is 5.91 Å². The molecular formula is C18H26N4O2. The third-order valence-electron chi connectivity index (χ3n) is 4.94. The minimum absolute atomic E-state index is 0.0125. The zero-order valence-corrected chi connectivity index (χ0v) is 14.9. The Bertz CT molecular complexity index is 731.